The van der Waals surface area contributed by atoms with E-state index in [-0.39, 0.29) is 11.3 Å². The molecule has 0 radical (unpaired) electrons. The molecule has 28 heavy (non-hydrogen) atoms. The zero-order valence-electron chi connectivity index (χ0n) is 17.4. The molecule has 1 aromatic carbocycles. The van der Waals surface area contributed by atoms with E-state index in [1.807, 2.05) is 20.0 Å². The Hall–Kier alpha value is -2.07. The lowest BCUT2D eigenvalue weighted by molar-refractivity contribution is 0.112. The number of hydrogen-bond donors (Lipinski definition) is 1. The molecule has 1 aliphatic rings. The van der Waals surface area contributed by atoms with E-state index in [4.69, 9.17) is 16.3 Å². The number of rotatable bonds is 6. The normalized spacial score (nSPS) is 22.1. The number of hydrogen-bond acceptors (Lipinski definition) is 4. The summed E-state index contributed by atoms with van der Waals surface area (Å²) in [5, 5.41) is 10.9. The number of carbonyl (C=O) groups is 1. The number of phenols is 1. The van der Waals surface area contributed by atoms with Crippen LogP contribution >= 0.6 is 11.6 Å². The van der Waals surface area contributed by atoms with Crippen LogP contribution in [-0.2, 0) is 6.42 Å². The summed E-state index contributed by atoms with van der Waals surface area (Å²) in [6.07, 6.45) is 10.7. The third-order valence-electron chi connectivity index (χ3n) is 5.71. The highest BCUT2D eigenvalue weighted by Gasteiger charge is 2.23. The number of aromatic hydroxyl groups is 1. The highest BCUT2D eigenvalue weighted by molar-refractivity contribution is 6.33. The molecule has 1 saturated carbocycles. The van der Waals surface area contributed by atoms with Crippen molar-refractivity contribution < 1.29 is 14.6 Å². The van der Waals surface area contributed by atoms with Crippen molar-refractivity contribution in [3.63, 3.8) is 0 Å². The van der Waals surface area contributed by atoms with Crippen LogP contribution in [0.1, 0.15) is 54.6 Å². The number of aliphatic imine (C=N–C) groups is 1. The van der Waals surface area contributed by atoms with Gasteiger partial charge in [0.2, 0.25) is 0 Å². The van der Waals surface area contributed by atoms with E-state index < -0.39 is 0 Å². The molecule has 0 bridgehead atoms. The largest absolute Gasteiger partial charge is 0.507 e. The molecule has 2 rings (SSSR count). The van der Waals surface area contributed by atoms with Crippen molar-refractivity contribution in [1.29, 1.82) is 0 Å². The summed E-state index contributed by atoms with van der Waals surface area (Å²) in [5.74, 6) is 1.49. The fourth-order valence-corrected chi connectivity index (χ4v) is 3.96. The Bertz CT molecular complexity index is 824. The molecule has 1 fully saturated rings. The molecule has 0 amide bonds. The quantitative estimate of drug-likeness (QED) is 0.487. The highest BCUT2D eigenvalue weighted by atomic mass is 35.5. The van der Waals surface area contributed by atoms with E-state index in [1.165, 1.54) is 19.2 Å². The van der Waals surface area contributed by atoms with Gasteiger partial charge in [-0.1, -0.05) is 42.3 Å². The first-order valence-corrected chi connectivity index (χ1v) is 10.0. The highest BCUT2D eigenvalue weighted by Crippen LogP contribution is 2.41. The van der Waals surface area contributed by atoms with E-state index in [2.05, 4.69) is 24.1 Å². The summed E-state index contributed by atoms with van der Waals surface area (Å²) in [5.41, 5.74) is 3.64. The van der Waals surface area contributed by atoms with Gasteiger partial charge in [-0.2, -0.15) is 0 Å². The van der Waals surface area contributed by atoms with Crippen LogP contribution in [0.5, 0.6) is 11.5 Å². The van der Waals surface area contributed by atoms with Gasteiger partial charge in [0.15, 0.2) is 6.29 Å². The first kappa shape index (κ1) is 22.2. The lowest BCUT2D eigenvalue weighted by Gasteiger charge is -2.27. The smallest absolute Gasteiger partial charge is 0.154 e. The van der Waals surface area contributed by atoms with Crippen molar-refractivity contribution in [2.45, 2.75) is 46.5 Å². The Morgan fingerprint density at radius 3 is 2.75 bits per heavy atom. The minimum absolute atomic E-state index is 0.0634. The predicted molar refractivity (Wildman–Crippen MR) is 116 cm³/mol. The van der Waals surface area contributed by atoms with Crippen molar-refractivity contribution >= 4 is 23.6 Å². The van der Waals surface area contributed by atoms with Gasteiger partial charge in [0, 0.05) is 18.3 Å². The minimum Gasteiger partial charge on any atom is -0.507 e. The van der Waals surface area contributed by atoms with Crippen molar-refractivity contribution in [3.8, 4) is 11.5 Å². The SMILES string of the molecule is C/N=C1\CC[C@@H](C)C(/C=C/C(C)=C/Cc2c(O)c(C=O)c(C)c(Cl)c2OC)C1. The number of phenolic OH excluding ortho intramolecular Hbond substituents is 1. The van der Waals surface area contributed by atoms with Gasteiger partial charge in [-0.05, 0) is 56.9 Å². The fraction of sp³-hybridized carbons (Fsp3) is 0.478. The number of ether oxygens (including phenoxy) is 1. The van der Waals surface area contributed by atoms with Crippen LogP contribution in [0.25, 0.3) is 0 Å². The minimum atomic E-state index is -0.0634. The lowest BCUT2D eigenvalue weighted by atomic mass is 9.79. The number of carbonyl (C=O) groups excluding carboxylic acids is 1. The van der Waals surface area contributed by atoms with Crippen molar-refractivity contribution in [2.24, 2.45) is 16.8 Å². The van der Waals surface area contributed by atoms with Crippen LogP contribution in [0, 0.1) is 18.8 Å². The molecule has 0 aromatic heterocycles. The number of benzene rings is 1. The average Bonchev–Trinajstić information content (AvgIpc) is 2.69. The summed E-state index contributed by atoms with van der Waals surface area (Å²) in [6.45, 7) is 6.01. The van der Waals surface area contributed by atoms with Gasteiger partial charge in [0.25, 0.3) is 0 Å². The Balaban J connectivity index is 2.23. The van der Waals surface area contributed by atoms with Gasteiger partial charge in [0.05, 0.1) is 17.7 Å². The number of aldehydes is 1. The summed E-state index contributed by atoms with van der Waals surface area (Å²) < 4.78 is 5.39. The molecule has 1 aliphatic carbocycles. The van der Waals surface area contributed by atoms with Gasteiger partial charge in [-0.15, -0.1) is 0 Å². The van der Waals surface area contributed by atoms with Gasteiger partial charge in [-0.25, -0.2) is 0 Å². The van der Waals surface area contributed by atoms with Gasteiger partial charge in [0.1, 0.15) is 11.5 Å². The maximum Gasteiger partial charge on any atom is 0.154 e. The second-order valence-electron chi connectivity index (χ2n) is 7.52. The zero-order valence-corrected chi connectivity index (χ0v) is 18.1. The third-order valence-corrected chi connectivity index (χ3v) is 6.17. The number of halogens is 1. The zero-order chi connectivity index (χ0) is 20.8. The molecule has 2 atom stereocenters. The molecular formula is C23H30ClNO3. The average molecular weight is 404 g/mol. The van der Waals surface area contributed by atoms with E-state index in [0.717, 1.165) is 18.4 Å². The van der Waals surface area contributed by atoms with Crippen LogP contribution in [0.2, 0.25) is 5.02 Å². The summed E-state index contributed by atoms with van der Waals surface area (Å²) in [7, 11) is 3.38. The van der Waals surface area contributed by atoms with E-state index >= 15 is 0 Å². The van der Waals surface area contributed by atoms with Gasteiger partial charge < -0.3 is 9.84 Å². The van der Waals surface area contributed by atoms with E-state index in [9.17, 15) is 9.90 Å². The monoisotopic (exact) mass is 403 g/mol. The maximum absolute atomic E-state index is 11.4. The Morgan fingerprint density at radius 2 is 2.14 bits per heavy atom. The van der Waals surface area contributed by atoms with Crippen LogP contribution in [0.4, 0.5) is 0 Å². The second kappa shape index (κ2) is 9.92. The van der Waals surface area contributed by atoms with Crippen LogP contribution < -0.4 is 4.74 Å². The molecule has 0 heterocycles. The fourth-order valence-electron chi connectivity index (χ4n) is 3.67. The summed E-state index contributed by atoms with van der Waals surface area (Å²) >= 11 is 6.33. The molecule has 0 spiro atoms. The Morgan fingerprint density at radius 1 is 1.43 bits per heavy atom. The first-order valence-electron chi connectivity index (χ1n) is 9.66. The van der Waals surface area contributed by atoms with Crippen LogP contribution in [0.3, 0.4) is 0 Å². The Kier molecular flexibility index (Phi) is 7.88. The first-order chi connectivity index (χ1) is 13.3. The number of allylic oxidation sites excluding steroid dienone is 4. The van der Waals surface area contributed by atoms with E-state index in [0.29, 0.717) is 46.4 Å². The topological polar surface area (TPSA) is 58.9 Å². The van der Waals surface area contributed by atoms with Crippen LogP contribution in [-0.4, -0.2) is 31.3 Å². The molecule has 5 heteroatoms. The maximum atomic E-state index is 11.4. The Labute approximate surface area is 173 Å². The number of methoxy groups -OCH3 is 1. The summed E-state index contributed by atoms with van der Waals surface area (Å²) in [6, 6.07) is 0. The van der Waals surface area contributed by atoms with Crippen molar-refractivity contribution in [3.05, 3.63) is 45.5 Å². The second-order valence-corrected chi connectivity index (χ2v) is 7.89. The van der Waals surface area contributed by atoms with Gasteiger partial charge in [-0.3, -0.25) is 9.79 Å². The molecule has 4 nitrogen and oxygen atoms in total. The number of nitrogens with zero attached hydrogens (tertiary/aromatic N) is 1. The van der Waals surface area contributed by atoms with Gasteiger partial charge >= 0.3 is 0 Å². The van der Waals surface area contributed by atoms with Crippen molar-refractivity contribution in [2.75, 3.05) is 14.2 Å². The molecule has 0 saturated heterocycles. The van der Waals surface area contributed by atoms with E-state index in [1.54, 1.807) is 6.92 Å². The van der Waals surface area contributed by atoms with Crippen LogP contribution in [0.15, 0.2) is 28.8 Å². The molecule has 1 N–H and O–H groups in total. The standard InChI is InChI=1S/C23H30ClNO3/c1-14(6-9-17-12-18(25-4)10-8-15(17)2)7-11-19-22(27)20(13-26)16(3)21(24)23(19)28-5/h6-7,9,13,15,17,27H,8,10-12H2,1-5H3/b9-6+,14-7+,25-18+/t15-,17?/m1/s1. The molecule has 1 aromatic rings. The molecule has 1 unspecified atom stereocenters. The summed E-state index contributed by atoms with van der Waals surface area (Å²) in [4.78, 5) is 15.7. The third kappa shape index (κ3) is 4.85. The molecule has 0 aliphatic heterocycles. The molecule has 152 valence electrons. The lowest BCUT2D eigenvalue weighted by Crippen LogP contribution is -2.21. The van der Waals surface area contributed by atoms with Crippen molar-refractivity contribution in [1.82, 2.24) is 0 Å². The predicted octanol–water partition coefficient (Wildman–Crippen LogP) is 5.73. The molecular weight excluding hydrogens is 374 g/mol.